The number of nitrogens with one attached hydrogen (secondary N) is 11. The molecule has 0 aromatic rings. The summed E-state index contributed by atoms with van der Waals surface area (Å²) in [6.45, 7) is 33.8. The highest BCUT2D eigenvalue weighted by Crippen LogP contribution is 2.32. The van der Waals surface area contributed by atoms with Gasteiger partial charge < -0.3 is 0 Å². The van der Waals surface area contributed by atoms with Gasteiger partial charge in [0.2, 0.25) is 0 Å². The second-order valence-corrected chi connectivity index (χ2v) is 47.4. The lowest BCUT2D eigenvalue weighted by Crippen LogP contribution is -2.53. The quantitative estimate of drug-likeness (QED) is 0.0254. The molecule has 888 valence electrons. The van der Waals surface area contributed by atoms with E-state index in [1.807, 2.05) is 36.7 Å². The Bertz CT molecular complexity index is 2840. The summed E-state index contributed by atoms with van der Waals surface area (Å²) in [5.41, 5.74) is 32.8. The standard InChI is InChI=1S/C23H48N4.C22H46N4.2C21H44N4.C20H42N4.C19H40N4/c1-4-7-8-9-10-11-12-13-14-15-16-17-18-19-20-21-23(5-2,6-3)27-22-24-25-26-27;1-4-6-7-8-9-10-11-12-13-14-15-16-17-18-19-20-22(3,5-2)26-21-23-24-25-26;1-4-5-6-7-8-9-10-11-12-13-14-15-16-17-18-19-21(2,3)25-20-22-23-24-25;1-3-5-6-7-8-9-10-11-12-13-14-15-16-17-18-19-21(4-2)25-20-22-23-24-25;1-3-4-5-6-7-8-9-10-11-12-13-14-15-16-17-18-20(2)24-19-21-22-23-24;1-2-3-4-5-6-7-8-9-10-11-12-13-14-15-16-17-18-23-19-20-21-22-23/h22,25-26H,4-21H2,1-3H3;21,24-25H,4-20H2,1-3H3;20,23-24H,4-19H2,1-3H3;20-21,23-24H,3-19H2,1-2H3;19-20,22-23H,3-18H2,1-2H3;2-19H2,1H3,(H,20,22). The average Bonchev–Trinajstić information content (AvgIpc) is 1.64. The minimum Gasteiger partial charge on any atom is -0.275 e. The van der Waals surface area contributed by atoms with Crippen LogP contribution in [-0.4, -0.2) is 104 Å². The maximum atomic E-state index is 4.09. The zero-order valence-corrected chi connectivity index (χ0v) is 103. The average molecular weight is 2120 g/mol. The molecule has 0 aliphatic carbocycles. The third-order valence-corrected chi connectivity index (χ3v) is 33.3. The molecule has 0 radical (unpaired) electrons. The molecule has 24 nitrogen and oxygen atoms in total. The summed E-state index contributed by atoms with van der Waals surface area (Å²) in [6, 6.07) is 1.09. The summed E-state index contributed by atoms with van der Waals surface area (Å²) < 4.78 is 0. The Balaban J connectivity index is 0.000000901. The fourth-order valence-electron chi connectivity index (χ4n) is 22.0. The molecule has 6 aliphatic rings. The lowest BCUT2D eigenvalue weighted by molar-refractivity contribution is 0.0928. The molecule has 24 heteroatoms. The van der Waals surface area contributed by atoms with Gasteiger partial charge in [0.15, 0.2) is 0 Å². The van der Waals surface area contributed by atoms with E-state index in [9.17, 15) is 0 Å². The lowest BCUT2D eigenvalue weighted by Gasteiger charge is -2.39. The number of hydrogen-bond acceptors (Lipinski definition) is 24. The summed E-state index contributed by atoms with van der Waals surface area (Å²) in [6.07, 6.45) is 150. The lowest BCUT2D eigenvalue weighted by atomic mass is 9.86. The Morgan fingerprint density at radius 3 is 0.727 bits per heavy atom. The van der Waals surface area contributed by atoms with Crippen molar-refractivity contribution in [2.75, 3.05) is 13.2 Å². The van der Waals surface area contributed by atoms with Crippen molar-refractivity contribution in [3.8, 4) is 0 Å². The molecule has 6 rings (SSSR count). The van der Waals surface area contributed by atoms with Crippen molar-refractivity contribution in [3.63, 3.8) is 0 Å². The normalized spacial score (nSPS) is 14.8. The van der Waals surface area contributed by atoms with E-state index >= 15 is 0 Å². The summed E-state index contributed by atoms with van der Waals surface area (Å²) >= 11 is 0. The van der Waals surface area contributed by atoms with Gasteiger partial charge in [-0.15, -0.1) is 27.7 Å². The zero-order chi connectivity index (χ0) is 109. The number of hydrogen-bond donors (Lipinski definition) is 11. The van der Waals surface area contributed by atoms with Crippen LogP contribution in [0.1, 0.15) is 739 Å². The van der Waals surface area contributed by atoms with E-state index in [1.165, 1.54) is 623 Å². The minimum absolute atomic E-state index is 0.129. The van der Waals surface area contributed by atoms with E-state index in [2.05, 4.69) is 219 Å². The summed E-state index contributed by atoms with van der Waals surface area (Å²) in [5, 5.41) is 40.3. The van der Waals surface area contributed by atoms with E-state index in [1.54, 1.807) is 0 Å². The second kappa shape index (κ2) is 113. The van der Waals surface area contributed by atoms with Crippen molar-refractivity contribution >= 4 is 31.7 Å². The molecule has 0 aromatic carbocycles. The number of unbranched alkanes of at least 4 members (excludes halogenated alkanes) is 85. The van der Waals surface area contributed by atoms with Crippen molar-refractivity contribution in [1.29, 1.82) is 0 Å². The first-order chi connectivity index (χ1) is 73.8. The maximum absolute atomic E-state index is 4.09. The van der Waals surface area contributed by atoms with Gasteiger partial charge in [-0.25, -0.2) is 33.2 Å². The van der Waals surface area contributed by atoms with Crippen molar-refractivity contribution in [2.24, 2.45) is 35.8 Å². The second-order valence-electron chi connectivity index (χ2n) is 47.4. The molecule has 11 N–H and O–H groups in total. The van der Waals surface area contributed by atoms with E-state index < -0.39 is 0 Å². The van der Waals surface area contributed by atoms with E-state index in [0.29, 0.717) is 12.1 Å². The van der Waals surface area contributed by atoms with Gasteiger partial charge in [-0.05, 0) is 91.9 Å². The number of nitrogens with zero attached hydrogens (tertiary/aromatic N) is 13. The predicted octanol–water partition coefficient (Wildman–Crippen LogP) is 38.6. The molecule has 0 fully saturated rings. The molecule has 3 atom stereocenters. The van der Waals surface area contributed by atoms with Crippen LogP contribution in [0.2, 0.25) is 0 Å². The van der Waals surface area contributed by atoms with Crippen LogP contribution < -0.4 is 60.9 Å². The van der Waals surface area contributed by atoms with Gasteiger partial charge >= 0.3 is 0 Å². The highest BCUT2D eigenvalue weighted by molar-refractivity contribution is 5.58. The summed E-state index contributed by atoms with van der Waals surface area (Å²) in [7, 11) is 0. The van der Waals surface area contributed by atoms with Crippen LogP contribution in [0.4, 0.5) is 0 Å². The summed E-state index contributed by atoms with van der Waals surface area (Å²) in [5.74, 6) is 0. The molecule has 3 unspecified atom stereocenters. The Morgan fingerprint density at radius 2 is 0.473 bits per heavy atom. The first-order valence-corrected chi connectivity index (χ1v) is 66.8. The highest BCUT2D eigenvalue weighted by atomic mass is 15.9. The van der Waals surface area contributed by atoms with Gasteiger partial charge in [0.1, 0.15) is 38.4 Å². The number of rotatable bonds is 106. The van der Waals surface area contributed by atoms with Crippen LogP contribution >= 0.6 is 0 Å². The molecule has 0 bridgehead atoms. The third-order valence-electron chi connectivity index (χ3n) is 33.3. The Hall–Kier alpha value is -4.49. The van der Waals surface area contributed by atoms with Crippen LogP contribution in [0.15, 0.2) is 35.8 Å². The topological polar surface area (TPSA) is 238 Å². The predicted molar refractivity (Wildman–Crippen MR) is 659 cm³/mol. The number of hydrazine groups is 11. The van der Waals surface area contributed by atoms with E-state index in [-0.39, 0.29) is 16.6 Å². The maximum Gasteiger partial charge on any atom is 0.133 e. The molecule has 0 amide bonds. The molecule has 6 heterocycles. The molecule has 0 spiro atoms. The summed E-state index contributed by atoms with van der Waals surface area (Å²) in [4.78, 5) is 0. The van der Waals surface area contributed by atoms with Crippen molar-refractivity contribution in [1.82, 2.24) is 90.9 Å². The third kappa shape index (κ3) is 89.4. The smallest absolute Gasteiger partial charge is 0.133 e. The Morgan fingerprint density at radius 1 is 0.233 bits per heavy atom. The van der Waals surface area contributed by atoms with Crippen LogP contribution in [0, 0.1) is 0 Å². The first-order valence-electron chi connectivity index (χ1n) is 66.8. The zero-order valence-electron chi connectivity index (χ0n) is 103. The molecular formula is C126H264N24. The van der Waals surface area contributed by atoms with Crippen LogP contribution in [0.5, 0.6) is 0 Å². The number of hydrazone groups is 5. The van der Waals surface area contributed by atoms with Gasteiger partial charge in [-0.1, -0.05) is 652 Å². The van der Waals surface area contributed by atoms with Crippen molar-refractivity contribution in [3.05, 3.63) is 0 Å². The first kappa shape index (κ1) is 144. The van der Waals surface area contributed by atoms with Gasteiger partial charge in [0.05, 0.1) is 16.6 Å². The molecule has 6 aliphatic heterocycles. The van der Waals surface area contributed by atoms with Gasteiger partial charge in [-0.3, -0.25) is 25.0 Å². The van der Waals surface area contributed by atoms with E-state index in [0.717, 1.165) is 32.5 Å². The molecule has 0 saturated carbocycles. The van der Waals surface area contributed by atoms with E-state index in [4.69, 9.17) is 0 Å². The molecule has 150 heavy (non-hydrogen) atoms. The van der Waals surface area contributed by atoms with Gasteiger partial charge in [0, 0.05) is 18.6 Å². The van der Waals surface area contributed by atoms with Gasteiger partial charge in [-0.2, -0.15) is 35.6 Å². The fourth-order valence-corrected chi connectivity index (χ4v) is 22.0. The Kier molecular flexibility index (Phi) is 108. The minimum atomic E-state index is 0.129. The SMILES string of the molecule is CCCCCCCCCCCCCCCCCC(C)(C)N1C=NNN1.CCCCCCCCCCCCCCCCCC(C)(CC)N1C=NNN1.CCCCCCCCCCCCCCCCCC(C)N1C=NNN1.CCCCCCCCCCCCCCCCCC(CC)(CC)N1C=NNN1.CCCCCCCCCCCCCCCCCC(CC)N1C=NNN1.CCCCCCCCCCCCCCCCCCN1CN=NN1. The van der Waals surface area contributed by atoms with Crippen LogP contribution in [0.3, 0.4) is 0 Å². The fraction of sp³-hybridized carbons (Fsp3) is 0.960. The largest absolute Gasteiger partial charge is 0.275 e. The monoisotopic (exact) mass is 2110 g/mol. The molecular weight excluding hydrogens is 1850 g/mol. The van der Waals surface area contributed by atoms with Crippen LogP contribution in [-0.2, 0) is 0 Å². The van der Waals surface area contributed by atoms with Gasteiger partial charge in [0.25, 0.3) is 0 Å². The Labute approximate surface area is 933 Å². The molecule has 0 aromatic heterocycles. The van der Waals surface area contributed by atoms with Crippen molar-refractivity contribution in [2.45, 2.75) is 768 Å². The molecule has 0 saturated heterocycles. The highest BCUT2D eigenvalue weighted by Gasteiger charge is 2.34. The van der Waals surface area contributed by atoms with Crippen LogP contribution in [0.25, 0.3) is 0 Å². The van der Waals surface area contributed by atoms with Crippen molar-refractivity contribution < 1.29 is 0 Å².